The Hall–Kier alpha value is -3.02. The van der Waals surface area contributed by atoms with Gasteiger partial charge in [0.05, 0.1) is 24.3 Å². The summed E-state index contributed by atoms with van der Waals surface area (Å²) >= 11 is 0. The summed E-state index contributed by atoms with van der Waals surface area (Å²) < 4.78 is 23.5. The molecule has 6 heteroatoms. The van der Waals surface area contributed by atoms with E-state index in [1.807, 2.05) is 24.3 Å². The minimum absolute atomic E-state index is 0.135. The Morgan fingerprint density at radius 1 is 0.575 bits per heavy atom. The summed E-state index contributed by atoms with van der Waals surface area (Å²) in [6.07, 6.45) is 12.4. The molecule has 0 amide bonds. The Morgan fingerprint density at radius 2 is 0.975 bits per heavy atom. The third kappa shape index (κ3) is 8.49. The van der Waals surface area contributed by atoms with Gasteiger partial charge in [0.1, 0.15) is 23.7 Å². The summed E-state index contributed by atoms with van der Waals surface area (Å²) in [5.41, 5.74) is 1.08. The van der Waals surface area contributed by atoms with E-state index in [9.17, 15) is 9.59 Å². The van der Waals surface area contributed by atoms with Crippen LogP contribution in [0.15, 0.2) is 48.5 Å². The molecule has 0 aromatic heterocycles. The number of ether oxygens (including phenoxy) is 4. The molecule has 2 aromatic rings. The zero-order valence-electron chi connectivity index (χ0n) is 24.3. The molecule has 0 saturated heterocycles. The summed E-state index contributed by atoms with van der Waals surface area (Å²) in [6.45, 7) is 5.77. The molecule has 0 spiro atoms. The van der Waals surface area contributed by atoms with E-state index in [2.05, 4.69) is 13.8 Å². The van der Waals surface area contributed by atoms with Crippen LogP contribution < -0.4 is 9.47 Å². The predicted molar refractivity (Wildman–Crippen MR) is 156 cm³/mol. The number of rotatable bonds is 16. The summed E-state index contributed by atoms with van der Waals surface area (Å²) in [4.78, 5) is 25.7. The zero-order valence-corrected chi connectivity index (χ0v) is 24.3. The van der Waals surface area contributed by atoms with Gasteiger partial charge in [0.25, 0.3) is 0 Å². The van der Waals surface area contributed by atoms with E-state index in [4.69, 9.17) is 18.9 Å². The van der Waals surface area contributed by atoms with Crippen LogP contribution >= 0.6 is 0 Å². The second kappa shape index (κ2) is 15.7. The lowest BCUT2D eigenvalue weighted by Gasteiger charge is -2.21. The topological polar surface area (TPSA) is 71.1 Å². The highest BCUT2D eigenvalue weighted by molar-refractivity contribution is 5.90. The Balaban J connectivity index is 1.20. The quantitative estimate of drug-likeness (QED) is 0.155. The fraction of sp³-hybridized carbons (Fsp3) is 0.588. The molecule has 2 saturated carbocycles. The van der Waals surface area contributed by atoms with Crippen molar-refractivity contribution in [2.24, 2.45) is 11.8 Å². The molecule has 218 valence electrons. The van der Waals surface area contributed by atoms with Gasteiger partial charge in [-0.3, -0.25) is 0 Å². The van der Waals surface area contributed by atoms with Crippen molar-refractivity contribution < 1.29 is 28.5 Å². The number of carbonyl (C=O) groups excluding carboxylic acids is 2. The van der Waals surface area contributed by atoms with Crippen LogP contribution in [-0.2, 0) is 9.47 Å². The molecule has 0 radical (unpaired) electrons. The first-order valence-electron chi connectivity index (χ1n) is 15.5. The van der Waals surface area contributed by atoms with Gasteiger partial charge >= 0.3 is 11.9 Å². The van der Waals surface area contributed by atoms with Crippen molar-refractivity contribution in [1.29, 1.82) is 0 Å². The lowest BCUT2D eigenvalue weighted by molar-refractivity contribution is 0.00949. The first-order chi connectivity index (χ1) is 19.6. The fourth-order valence-electron chi connectivity index (χ4n) is 6.01. The van der Waals surface area contributed by atoms with Gasteiger partial charge in [0.15, 0.2) is 0 Å². The standard InChI is InChI=1S/C34H46O6/c1-3-5-7-9-23-37-27-15-11-25(12-16-27)33(35)39-31-21-19-30-29(31)20-22-32(30)40-34(36)26-13-17-28(18-14-26)38-24-10-8-6-4-2/h11-18,29-32H,3-10,19-24H2,1-2H3/t29-,30-,31-,32+/m0/s1. The van der Waals surface area contributed by atoms with Crippen LogP contribution in [0.4, 0.5) is 0 Å². The number of hydrogen-bond acceptors (Lipinski definition) is 6. The van der Waals surface area contributed by atoms with Crippen LogP contribution in [0.2, 0.25) is 0 Å². The highest BCUT2D eigenvalue weighted by atomic mass is 16.6. The van der Waals surface area contributed by atoms with Gasteiger partial charge in [0, 0.05) is 11.8 Å². The summed E-state index contributed by atoms with van der Waals surface area (Å²) in [6, 6.07) is 14.5. The predicted octanol–water partition coefficient (Wildman–Crippen LogP) is 8.18. The van der Waals surface area contributed by atoms with Gasteiger partial charge in [-0.15, -0.1) is 0 Å². The number of carbonyl (C=O) groups is 2. The van der Waals surface area contributed by atoms with Crippen LogP contribution in [-0.4, -0.2) is 37.4 Å². The lowest BCUT2D eigenvalue weighted by atomic mass is 9.98. The van der Waals surface area contributed by atoms with Gasteiger partial charge in [-0.1, -0.05) is 52.4 Å². The SMILES string of the molecule is CCCCCCOc1ccc(C(=O)O[C@H]2CC[C@H]3[C@@H]2CC[C@H]3OC(=O)c2ccc(OCCCCCC)cc2)cc1. The van der Waals surface area contributed by atoms with E-state index in [0.29, 0.717) is 24.3 Å². The third-order valence-electron chi connectivity index (χ3n) is 8.30. The Kier molecular flexibility index (Phi) is 11.7. The molecule has 0 unspecified atom stereocenters. The number of fused-ring (bicyclic) bond motifs is 1. The molecule has 4 rings (SSSR count). The number of benzene rings is 2. The minimum Gasteiger partial charge on any atom is -0.494 e. The molecular formula is C34H46O6. The highest BCUT2D eigenvalue weighted by Gasteiger charge is 2.48. The van der Waals surface area contributed by atoms with Gasteiger partial charge in [0.2, 0.25) is 0 Å². The molecule has 2 fully saturated rings. The van der Waals surface area contributed by atoms with Crippen molar-refractivity contribution in [3.8, 4) is 11.5 Å². The molecule has 0 aliphatic heterocycles. The van der Waals surface area contributed by atoms with Crippen LogP contribution in [0.3, 0.4) is 0 Å². The molecule has 6 nitrogen and oxygen atoms in total. The number of hydrogen-bond donors (Lipinski definition) is 0. The summed E-state index contributed by atoms with van der Waals surface area (Å²) in [5, 5.41) is 0. The largest absolute Gasteiger partial charge is 0.494 e. The van der Waals surface area contributed by atoms with Crippen molar-refractivity contribution >= 4 is 11.9 Å². The molecule has 2 aromatic carbocycles. The second-order valence-electron chi connectivity index (χ2n) is 11.2. The summed E-state index contributed by atoms with van der Waals surface area (Å²) in [7, 11) is 0. The maximum absolute atomic E-state index is 12.9. The Morgan fingerprint density at radius 3 is 1.35 bits per heavy atom. The van der Waals surface area contributed by atoms with Gasteiger partial charge in [-0.25, -0.2) is 9.59 Å². The first-order valence-corrected chi connectivity index (χ1v) is 15.5. The number of unbranched alkanes of at least 4 members (excludes halogenated alkanes) is 6. The van der Waals surface area contributed by atoms with Gasteiger partial charge in [-0.05, 0) is 87.1 Å². The van der Waals surface area contributed by atoms with E-state index in [1.54, 1.807) is 24.3 Å². The first kappa shape index (κ1) is 30.0. The van der Waals surface area contributed by atoms with E-state index < -0.39 is 0 Å². The Labute approximate surface area is 239 Å². The number of esters is 2. The molecule has 4 atom stereocenters. The second-order valence-corrected chi connectivity index (χ2v) is 11.2. The van der Waals surface area contributed by atoms with Crippen molar-refractivity contribution in [3.63, 3.8) is 0 Å². The average molecular weight is 551 g/mol. The van der Waals surface area contributed by atoms with Crippen molar-refractivity contribution in [2.75, 3.05) is 13.2 Å². The van der Waals surface area contributed by atoms with Gasteiger partial charge in [-0.2, -0.15) is 0 Å². The van der Waals surface area contributed by atoms with Crippen LogP contribution in [0, 0.1) is 11.8 Å². The molecular weight excluding hydrogens is 504 g/mol. The molecule has 0 bridgehead atoms. The van der Waals surface area contributed by atoms with Crippen molar-refractivity contribution in [2.45, 2.75) is 103 Å². The average Bonchev–Trinajstić information content (AvgIpc) is 3.56. The fourth-order valence-corrected chi connectivity index (χ4v) is 6.01. The monoisotopic (exact) mass is 550 g/mol. The van der Waals surface area contributed by atoms with Crippen LogP contribution in [0.5, 0.6) is 11.5 Å². The lowest BCUT2D eigenvalue weighted by Crippen LogP contribution is -2.26. The minimum atomic E-state index is -0.298. The van der Waals surface area contributed by atoms with E-state index in [-0.39, 0.29) is 36.0 Å². The summed E-state index contributed by atoms with van der Waals surface area (Å²) in [5.74, 6) is 1.42. The zero-order chi connectivity index (χ0) is 28.2. The highest BCUT2D eigenvalue weighted by Crippen LogP contribution is 2.47. The van der Waals surface area contributed by atoms with Gasteiger partial charge < -0.3 is 18.9 Å². The smallest absolute Gasteiger partial charge is 0.338 e. The van der Waals surface area contributed by atoms with Crippen LogP contribution in [0.25, 0.3) is 0 Å². The van der Waals surface area contributed by atoms with E-state index >= 15 is 0 Å². The van der Waals surface area contributed by atoms with E-state index in [0.717, 1.165) is 50.0 Å². The van der Waals surface area contributed by atoms with Crippen molar-refractivity contribution in [1.82, 2.24) is 0 Å². The van der Waals surface area contributed by atoms with Crippen molar-refractivity contribution in [3.05, 3.63) is 59.7 Å². The van der Waals surface area contributed by atoms with Crippen LogP contribution in [0.1, 0.15) is 112 Å². The third-order valence-corrected chi connectivity index (χ3v) is 8.30. The molecule has 2 aliphatic carbocycles. The molecule has 40 heavy (non-hydrogen) atoms. The normalized spacial score (nSPS) is 21.6. The molecule has 0 heterocycles. The molecule has 0 N–H and O–H groups in total. The van der Waals surface area contributed by atoms with E-state index in [1.165, 1.54) is 38.5 Å². The molecule has 2 aliphatic rings. The maximum Gasteiger partial charge on any atom is 0.338 e. The Bertz CT molecular complexity index is 962. The maximum atomic E-state index is 12.9.